The van der Waals surface area contributed by atoms with Gasteiger partial charge in [0.05, 0.1) is 0 Å². The quantitative estimate of drug-likeness (QED) is 0.393. The highest BCUT2D eigenvalue weighted by atomic mass is 16.5. The summed E-state index contributed by atoms with van der Waals surface area (Å²) in [5, 5.41) is 0. The van der Waals surface area contributed by atoms with Gasteiger partial charge in [-0.1, -0.05) is 90.0 Å². The molecule has 0 saturated heterocycles. The van der Waals surface area contributed by atoms with E-state index in [0.29, 0.717) is 12.0 Å². The largest absolute Gasteiger partial charge is 0.489 e. The summed E-state index contributed by atoms with van der Waals surface area (Å²) < 4.78 is 5.98. The molecule has 2 saturated carbocycles. The second-order valence-corrected chi connectivity index (χ2v) is 9.40. The van der Waals surface area contributed by atoms with Gasteiger partial charge in [-0.25, -0.2) is 0 Å². The molecule has 3 rings (SSSR count). The van der Waals surface area contributed by atoms with Crippen LogP contribution < -0.4 is 4.74 Å². The Morgan fingerprint density at radius 2 is 1.79 bits per heavy atom. The summed E-state index contributed by atoms with van der Waals surface area (Å²) in [6, 6.07) is 7.22. The maximum absolute atomic E-state index is 5.98. The Morgan fingerprint density at radius 1 is 1.04 bits per heavy atom. The van der Waals surface area contributed by atoms with Crippen molar-refractivity contribution in [2.75, 3.05) is 6.61 Å². The molecule has 0 atom stereocenters. The van der Waals surface area contributed by atoms with Crippen molar-refractivity contribution in [1.82, 2.24) is 0 Å². The van der Waals surface area contributed by atoms with E-state index in [9.17, 15) is 0 Å². The lowest BCUT2D eigenvalue weighted by molar-refractivity contribution is 0.124. The van der Waals surface area contributed by atoms with Crippen LogP contribution in [-0.2, 0) is 11.8 Å². The molecule has 1 aromatic rings. The second-order valence-electron chi connectivity index (χ2n) is 9.40. The molecule has 0 radical (unpaired) electrons. The van der Waals surface area contributed by atoms with Gasteiger partial charge in [-0.2, -0.15) is 0 Å². The fourth-order valence-electron chi connectivity index (χ4n) is 6.17. The zero-order chi connectivity index (χ0) is 19.8. The molecule has 0 amide bonds. The topological polar surface area (TPSA) is 9.23 Å². The highest BCUT2D eigenvalue weighted by Gasteiger charge is 2.42. The van der Waals surface area contributed by atoms with Gasteiger partial charge in [-0.15, -0.1) is 0 Å². The first kappa shape index (κ1) is 21.5. The molecule has 2 fully saturated rings. The van der Waals surface area contributed by atoms with Crippen molar-refractivity contribution in [2.24, 2.45) is 11.8 Å². The Labute approximate surface area is 174 Å². The summed E-state index contributed by atoms with van der Waals surface area (Å²) in [6.07, 6.45) is 19.8. The lowest BCUT2D eigenvalue weighted by Gasteiger charge is -2.47. The van der Waals surface area contributed by atoms with Crippen molar-refractivity contribution < 1.29 is 4.74 Å². The summed E-state index contributed by atoms with van der Waals surface area (Å²) in [5.74, 6) is 2.95. The lowest BCUT2D eigenvalue weighted by Crippen LogP contribution is -2.39. The van der Waals surface area contributed by atoms with Gasteiger partial charge in [0.25, 0.3) is 0 Å². The Bertz CT molecular complexity index is 603. The number of ether oxygens (including phenoxy) is 1. The van der Waals surface area contributed by atoms with Gasteiger partial charge in [-0.05, 0) is 66.5 Å². The van der Waals surface area contributed by atoms with E-state index in [1.165, 1.54) is 82.6 Å². The predicted octanol–water partition coefficient (Wildman–Crippen LogP) is 8.01. The van der Waals surface area contributed by atoms with E-state index in [0.717, 1.165) is 24.0 Å². The van der Waals surface area contributed by atoms with Crippen molar-refractivity contribution in [1.29, 1.82) is 0 Å². The summed E-state index contributed by atoms with van der Waals surface area (Å²) >= 11 is 0. The van der Waals surface area contributed by atoms with Gasteiger partial charge >= 0.3 is 0 Å². The van der Waals surface area contributed by atoms with Crippen LogP contribution in [0.25, 0.3) is 0 Å². The molecule has 0 unspecified atom stereocenters. The van der Waals surface area contributed by atoms with Crippen LogP contribution in [0.5, 0.6) is 5.75 Å². The van der Waals surface area contributed by atoms with Gasteiger partial charge in [0.2, 0.25) is 0 Å². The van der Waals surface area contributed by atoms with Crippen molar-refractivity contribution in [3.05, 3.63) is 42.0 Å². The zero-order valence-electron chi connectivity index (χ0n) is 18.5. The fourth-order valence-corrected chi connectivity index (χ4v) is 6.17. The average Bonchev–Trinajstić information content (AvgIpc) is 2.74. The van der Waals surface area contributed by atoms with Crippen molar-refractivity contribution in [2.45, 2.75) is 103 Å². The first-order valence-electron chi connectivity index (χ1n) is 12.1. The van der Waals surface area contributed by atoms with Crippen LogP contribution in [0.15, 0.2) is 30.9 Å². The van der Waals surface area contributed by atoms with Crippen molar-refractivity contribution >= 4 is 0 Å². The van der Waals surface area contributed by atoms with Crippen LogP contribution in [-0.4, -0.2) is 6.61 Å². The SMILES string of the molecule is C=CCOc1ccc(C2(C3CCC(CCC)CC3)CCCCC2)cc1CCC. The third kappa shape index (κ3) is 4.84. The molecule has 0 bridgehead atoms. The summed E-state index contributed by atoms with van der Waals surface area (Å²) in [5.41, 5.74) is 3.46. The van der Waals surface area contributed by atoms with Crippen LogP contribution >= 0.6 is 0 Å². The molecule has 0 aromatic heterocycles. The number of hydrogen-bond donors (Lipinski definition) is 0. The van der Waals surface area contributed by atoms with Crippen LogP contribution in [0.4, 0.5) is 0 Å². The van der Waals surface area contributed by atoms with E-state index in [1.54, 1.807) is 5.56 Å². The summed E-state index contributed by atoms with van der Waals surface area (Å²) in [4.78, 5) is 0. The minimum absolute atomic E-state index is 0.425. The van der Waals surface area contributed by atoms with Crippen molar-refractivity contribution in [3.63, 3.8) is 0 Å². The van der Waals surface area contributed by atoms with Gasteiger partial charge in [0.15, 0.2) is 0 Å². The van der Waals surface area contributed by atoms with Gasteiger partial charge in [0.1, 0.15) is 12.4 Å². The predicted molar refractivity (Wildman–Crippen MR) is 121 cm³/mol. The maximum atomic E-state index is 5.98. The summed E-state index contributed by atoms with van der Waals surface area (Å²) in [7, 11) is 0. The van der Waals surface area contributed by atoms with E-state index in [2.05, 4.69) is 38.6 Å². The first-order chi connectivity index (χ1) is 13.7. The Hall–Kier alpha value is -1.24. The smallest absolute Gasteiger partial charge is 0.122 e. The third-order valence-corrected chi connectivity index (χ3v) is 7.58. The molecule has 0 N–H and O–H groups in total. The Balaban J connectivity index is 1.86. The molecule has 1 nitrogen and oxygen atoms in total. The number of rotatable bonds is 9. The molecule has 156 valence electrons. The zero-order valence-corrected chi connectivity index (χ0v) is 18.5. The van der Waals surface area contributed by atoms with Crippen molar-refractivity contribution in [3.8, 4) is 5.75 Å². The van der Waals surface area contributed by atoms with Crippen LogP contribution in [0.2, 0.25) is 0 Å². The van der Waals surface area contributed by atoms with E-state index >= 15 is 0 Å². The molecule has 2 aliphatic rings. The Morgan fingerprint density at radius 3 is 2.43 bits per heavy atom. The molecular formula is C27H42O. The Kier molecular flexibility index (Phi) is 8.06. The molecule has 0 aliphatic heterocycles. The van der Waals surface area contributed by atoms with E-state index in [1.807, 2.05) is 6.08 Å². The van der Waals surface area contributed by atoms with Crippen LogP contribution in [0, 0.1) is 11.8 Å². The minimum atomic E-state index is 0.425. The number of aryl methyl sites for hydroxylation is 1. The molecule has 28 heavy (non-hydrogen) atoms. The van der Waals surface area contributed by atoms with E-state index in [-0.39, 0.29) is 0 Å². The highest BCUT2D eigenvalue weighted by molar-refractivity contribution is 5.41. The maximum Gasteiger partial charge on any atom is 0.122 e. The average molecular weight is 383 g/mol. The first-order valence-corrected chi connectivity index (χ1v) is 12.1. The second kappa shape index (κ2) is 10.5. The molecule has 2 aliphatic carbocycles. The number of benzene rings is 1. The van der Waals surface area contributed by atoms with Crippen LogP contribution in [0.1, 0.15) is 102 Å². The van der Waals surface area contributed by atoms with E-state index < -0.39 is 0 Å². The van der Waals surface area contributed by atoms with Gasteiger partial charge in [0, 0.05) is 0 Å². The summed E-state index contributed by atoms with van der Waals surface area (Å²) in [6.45, 7) is 9.03. The van der Waals surface area contributed by atoms with E-state index in [4.69, 9.17) is 4.74 Å². The molecule has 1 heteroatoms. The molecule has 0 heterocycles. The fraction of sp³-hybridized carbons (Fsp3) is 0.704. The van der Waals surface area contributed by atoms with Gasteiger partial charge < -0.3 is 4.74 Å². The standard InChI is InChI=1S/C27H42O/c1-4-10-22-12-14-24(15-13-22)27(18-8-7-9-19-27)25-16-17-26(28-20-6-3)23(21-25)11-5-2/h6,16-17,21-22,24H,3-5,7-15,18-20H2,1-2H3. The number of hydrogen-bond acceptors (Lipinski definition) is 1. The third-order valence-electron chi connectivity index (χ3n) is 7.58. The monoisotopic (exact) mass is 382 g/mol. The molecular weight excluding hydrogens is 340 g/mol. The highest BCUT2D eigenvalue weighted by Crippen LogP contribution is 2.51. The molecule has 1 aromatic carbocycles. The normalized spacial score (nSPS) is 24.6. The molecule has 0 spiro atoms. The minimum Gasteiger partial charge on any atom is -0.489 e. The lowest BCUT2D eigenvalue weighted by atomic mass is 9.57. The van der Waals surface area contributed by atoms with Gasteiger partial charge in [-0.3, -0.25) is 0 Å². The van der Waals surface area contributed by atoms with Crippen LogP contribution in [0.3, 0.4) is 0 Å².